The van der Waals surface area contributed by atoms with Crippen molar-refractivity contribution in [2.24, 2.45) is 5.92 Å². The van der Waals surface area contributed by atoms with Crippen LogP contribution in [0.4, 0.5) is 0 Å². The minimum atomic E-state index is 0.493. The molecule has 1 fully saturated rings. The number of hydrogen-bond donors (Lipinski definition) is 1. The lowest BCUT2D eigenvalue weighted by Gasteiger charge is -2.29. The highest BCUT2D eigenvalue weighted by molar-refractivity contribution is 8.06. The van der Waals surface area contributed by atoms with Crippen molar-refractivity contribution in [1.82, 2.24) is 20.1 Å². The molecule has 0 saturated carbocycles. The number of likely N-dealkylation sites (N-methyl/N-ethyl adjacent to an activating group) is 1. The van der Waals surface area contributed by atoms with E-state index in [2.05, 4.69) is 64.5 Å². The predicted octanol–water partition coefficient (Wildman–Crippen LogP) is 1.91. The van der Waals surface area contributed by atoms with Crippen molar-refractivity contribution in [3.8, 4) is 0 Å². The van der Waals surface area contributed by atoms with Gasteiger partial charge >= 0.3 is 0 Å². The van der Waals surface area contributed by atoms with E-state index in [-0.39, 0.29) is 0 Å². The predicted molar refractivity (Wildman–Crippen MR) is 85.0 cm³/mol. The van der Waals surface area contributed by atoms with Crippen LogP contribution in [0.2, 0.25) is 0 Å². The van der Waals surface area contributed by atoms with Crippen molar-refractivity contribution in [3.05, 3.63) is 12.2 Å². The molecule has 2 heterocycles. The number of nitrogens with one attached hydrogen (secondary N) is 1. The van der Waals surface area contributed by atoms with Gasteiger partial charge in [-0.1, -0.05) is 13.8 Å². The van der Waals surface area contributed by atoms with Crippen molar-refractivity contribution < 1.29 is 0 Å². The van der Waals surface area contributed by atoms with Gasteiger partial charge in [-0.3, -0.25) is 0 Å². The molecule has 0 radical (unpaired) electrons. The van der Waals surface area contributed by atoms with Crippen LogP contribution in [-0.4, -0.2) is 50.4 Å². The van der Waals surface area contributed by atoms with Gasteiger partial charge in [-0.25, -0.2) is 9.67 Å². The maximum absolute atomic E-state index is 4.45. The van der Waals surface area contributed by atoms with Crippen molar-refractivity contribution in [1.29, 1.82) is 0 Å². The Morgan fingerprint density at radius 3 is 2.95 bits per heavy atom. The number of rotatable bonds is 6. The van der Waals surface area contributed by atoms with E-state index in [4.69, 9.17) is 0 Å². The first-order valence-corrected chi connectivity index (χ1v) is 9.14. The molecular formula is C13H24N4S2. The average Bonchev–Trinajstić information content (AvgIpc) is 2.83. The number of hydrogen-bond acceptors (Lipinski definition) is 5. The molecule has 0 aliphatic carbocycles. The molecule has 1 saturated heterocycles. The lowest BCUT2D eigenvalue weighted by Crippen LogP contribution is -2.41. The van der Waals surface area contributed by atoms with Crippen molar-refractivity contribution in [2.75, 3.05) is 24.3 Å². The van der Waals surface area contributed by atoms with E-state index in [1.165, 1.54) is 17.3 Å². The maximum atomic E-state index is 4.45. The van der Waals surface area contributed by atoms with Crippen LogP contribution in [0.25, 0.3) is 0 Å². The average molecular weight is 300 g/mol. The molecule has 0 bridgehead atoms. The third-order valence-corrected chi connectivity index (χ3v) is 6.22. The van der Waals surface area contributed by atoms with Crippen molar-refractivity contribution >= 4 is 23.5 Å². The molecule has 1 aliphatic rings. The zero-order chi connectivity index (χ0) is 13.7. The maximum Gasteiger partial charge on any atom is 0.138 e. The molecule has 0 aromatic carbocycles. The molecule has 2 rings (SSSR count). The fourth-order valence-electron chi connectivity index (χ4n) is 2.30. The van der Waals surface area contributed by atoms with Crippen LogP contribution >= 0.6 is 23.5 Å². The van der Waals surface area contributed by atoms with Gasteiger partial charge in [0.1, 0.15) is 12.2 Å². The SMILES string of the molecule is CNC(Cc1ncnn1CC(C)C)C1CSCCS1. The van der Waals surface area contributed by atoms with Crippen molar-refractivity contribution in [2.45, 2.75) is 38.1 Å². The van der Waals surface area contributed by atoms with Crippen molar-refractivity contribution in [3.63, 3.8) is 0 Å². The summed E-state index contributed by atoms with van der Waals surface area (Å²) in [5.74, 6) is 5.53. The van der Waals surface area contributed by atoms with Crippen LogP contribution in [0.15, 0.2) is 6.33 Å². The molecular weight excluding hydrogens is 276 g/mol. The first-order valence-electron chi connectivity index (χ1n) is 6.94. The van der Waals surface area contributed by atoms with Crippen LogP contribution in [0.3, 0.4) is 0 Å². The summed E-state index contributed by atoms with van der Waals surface area (Å²) in [5, 5.41) is 8.52. The van der Waals surface area contributed by atoms with E-state index < -0.39 is 0 Å². The van der Waals surface area contributed by atoms with Gasteiger partial charge in [-0.05, 0) is 13.0 Å². The second-order valence-corrected chi connectivity index (χ2v) is 7.83. The highest BCUT2D eigenvalue weighted by Gasteiger charge is 2.25. The third kappa shape index (κ3) is 4.39. The quantitative estimate of drug-likeness (QED) is 0.869. The van der Waals surface area contributed by atoms with Gasteiger partial charge in [0.15, 0.2) is 0 Å². The van der Waals surface area contributed by atoms with Crippen LogP contribution in [-0.2, 0) is 13.0 Å². The molecule has 1 N–H and O–H groups in total. The highest BCUT2D eigenvalue weighted by atomic mass is 32.2. The molecule has 2 unspecified atom stereocenters. The first kappa shape index (κ1) is 15.2. The fourth-order valence-corrected chi connectivity index (χ4v) is 5.23. The molecule has 108 valence electrons. The lowest BCUT2D eigenvalue weighted by molar-refractivity contribution is 0.448. The second kappa shape index (κ2) is 7.55. The monoisotopic (exact) mass is 300 g/mol. The first-order chi connectivity index (χ1) is 9.20. The zero-order valence-corrected chi connectivity index (χ0v) is 13.6. The van der Waals surface area contributed by atoms with Gasteiger partial charge in [0, 0.05) is 41.5 Å². The molecule has 0 spiro atoms. The summed E-state index contributed by atoms with van der Waals surface area (Å²) in [5.41, 5.74) is 0. The van der Waals surface area contributed by atoms with E-state index in [0.717, 1.165) is 18.8 Å². The summed E-state index contributed by atoms with van der Waals surface area (Å²) in [6.45, 7) is 5.39. The van der Waals surface area contributed by atoms with Crippen LogP contribution in [0, 0.1) is 5.92 Å². The van der Waals surface area contributed by atoms with Gasteiger partial charge in [-0.15, -0.1) is 0 Å². The molecule has 6 heteroatoms. The van der Waals surface area contributed by atoms with Gasteiger partial charge in [0.2, 0.25) is 0 Å². The molecule has 1 aliphatic heterocycles. The Hall–Kier alpha value is -0.200. The van der Waals surface area contributed by atoms with Gasteiger partial charge in [-0.2, -0.15) is 28.6 Å². The summed E-state index contributed by atoms with van der Waals surface area (Å²) in [6, 6.07) is 0.493. The topological polar surface area (TPSA) is 42.7 Å². The summed E-state index contributed by atoms with van der Waals surface area (Å²) in [7, 11) is 2.06. The normalized spacial score (nSPS) is 21.8. The highest BCUT2D eigenvalue weighted by Crippen LogP contribution is 2.27. The molecule has 1 aromatic heterocycles. The smallest absolute Gasteiger partial charge is 0.138 e. The summed E-state index contributed by atoms with van der Waals surface area (Å²) in [4.78, 5) is 4.45. The number of thioether (sulfide) groups is 2. The Balaban J connectivity index is 1.99. The Bertz CT molecular complexity index is 374. The minimum absolute atomic E-state index is 0.493. The van der Waals surface area contributed by atoms with Crippen LogP contribution in [0.5, 0.6) is 0 Å². The third-order valence-electron chi connectivity index (χ3n) is 3.30. The fraction of sp³-hybridized carbons (Fsp3) is 0.846. The Morgan fingerprint density at radius 2 is 2.32 bits per heavy atom. The van der Waals surface area contributed by atoms with Crippen LogP contribution in [0.1, 0.15) is 19.7 Å². The molecule has 2 atom stereocenters. The minimum Gasteiger partial charge on any atom is -0.315 e. The number of nitrogens with zero attached hydrogens (tertiary/aromatic N) is 3. The summed E-state index contributed by atoms with van der Waals surface area (Å²) < 4.78 is 2.07. The Labute approximate surface area is 124 Å². The number of aromatic nitrogens is 3. The van der Waals surface area contributed by atoms with E-state index >= 15 is 0 Å². The van der Waals surface area contributed by atoms with Crippen LogP contribution < -0.4 is 5.32 Å². The zero-order valence-electron chi connectivity index (χ0n) is 12.0. The lowest BCUT2D eigenvalue weighted by atomic mass is 10.1. The summed E-state index contributed by atoms with van der Waals surface area (Å²) >= 11 is 4.17. The molecule has 1 aromatic rings. The Kier molecular flexibility index (Phi) is 6.04. The second-order valence-electron chi connectivity index (χ2n) is 5.34. The van der Waals surface area contributed by atoms with E-state index in [0.29, 0.717) is 17.2 Å². The standard InChI is InChI=1S/C13H24N4S2/c1-10(2)7-17-13(15-9-16-17)6-11(14-3)12-8-18-4-5-19-12/h9-12,14H,4-8H2,1-3H3. The van der Waals surface area contributed by atoms with Gasteiger partial charge < -0.3 is 5.32 Å². The largest absolute Gasteiger partial charge is 0.315 e. The summed E-state index contributed by atoms with van der Waals surface area (Å²) in [6.07, 6.45) is 2.66. The molecule has 0 amide bonds. The Morgan fingerprint density at radius 1 is 1.47 bits per heavy atom. The van der Waals surface area contributed by atoms with E-state index in [9.17, 15) is 0 Å². The van der Waals surface area contributed by atoms with Gasteiger partial charge in [0.25, 0.3) is 0 Å². The van der Waals surface area contributed by atoms with E-state index in [1.54, 1.807) is 6.33 Å². The molecule has 4 nitrogen and oxygen atoms in total. The molecule has 19 heavy (non-hydrogen) atoms. The van der Waals surface area contributed by atoms with E-state index in [1.807, 2.05) is 0 Å². The van der Waals surface area contributed by atoms with Gasteiger partial charge in [0.05, 0.1) is 0 Å².